The summed E-state index contributed by atoms with van der Waals surface area (Å²) in [4.78, 5) is 0. The van der Waals surface area contributed by atoms with E-state index in [1.165, 1.54) is 26.0 Å². The van der Waals surface area contributed by atoms with Crippen LogP contribution in [-0.2, 0) is 14.2 Å². The Morgan fingerprint density at radius 1 is 0.909 bits per heavy atom. The summed E-state index contributed by atoms with van der Waals surface area (Å²) in [6.45, 7) is 1.54. The summed E-state index contributed by atoms with van der Waals surface area (Å²) in [6, 6.07) is 7.98. The third-order valence-corrected chi connectivity index (χ3v) is 6.20. The molecule has 2 heterocycles. The highest BCUT2D eigenvalue weighted by atomic mass is 16.8. The first-order valence-electron chi connectivity index (χ1n) is 10.6. The van der Waals surface area contributed by atoms with Gasteiger partial charge in [0.25, 0.3) is 12.1 Å². The average Bonchev–Trinajstić information content (AvgIpc) is 2.80. The van der Waals surface area contributed by atoms with Crippen LogP contribution in [0.2, 0.25) is 0 Å². The van der Waals surface area contributed by atoms with Crippen molar-refractivity contribution in [2.45, 2.75) is 74.4 Å². The Kier molecular flexibility index (Phi) is 7.98. The van der Waals surface area contributed by atoms with Crippen molar-refractivity contribution in [1.29, 1.82) is 0 Å². The van der Waals surface area contributed by atoms with Crippen LogP contribution in [0.1, 0.15) is 13.8 Å². The molecule has 8 N–H and O–H groups in total. The lowest BCUT2D eigenvalue weighted by Gasteiger charge is -2.55. The molecule has 0 bridgehead atoms. The monoisotopic (exact) mass is 476 g/mol. The molecule has 33 heavy (non-hydrogen) atoms. The van der Waals surface area contributed by atoms with Crippen LogP contribution in [0.4, 0.5) is 0 Å². The number of aliphatic hydroxyl groups excluding tert-OH is 6. The van der Waals surface area contributed by atoms with E-state index in [0.29, 0.717) is 0 Å². The smallest absolute Gasteiger partial charge is 0.262 e. The quantitative estimate of drug-likeness (QED) is 0.186. The van der Waals surface area contributed by atoms with E-state index >= 15 is 0 Å². The van der Waals surface area contributed by atoms with Gasteiger partial charge in [0.05, 0.1) is 13.2 Å². The minimum atomic E-state index is -2.91. The molecule has 0 amide bonds. The molecule has 2 aliphatic heterocycles. The Balaban J connectivity index is 1.99. The van der Waals surface area contributed by atoms with Crippen molar-refractivity contribution in [2.75, 3.05) is 13.2 Å². The van der Waals surface area contributed by atoms with Crippen molar-refractivity contribution in [3.05, 3.63) is 30.3 Å². The molecule has 0 aliphatic carbocycles. The second-order valence-electron chi connectivity index (χ2n) is 8.58. The lowest BCUT2D eigenvalue weighted by Crippen LogP contribution is -2.77. The SMILES string of the molecule is CC(C)C1(O)C(CO)OC(Oc2ccccc2)C(O)(OC2OC(CO)C(O)C(O)C2O)C1O. The predicted octanol–water partition coefficient (Wildman–Crippen LogP) is -2.96. The van der Waals surface area contributed by atoms with Crippen LogP contribution in [0.15, 0.2) is 30.3 Å². The molecular formula is C21H32O12. The van der Waals surface area contributed by atoms with E-state index in [0.717, 1.165) is 0 Å². The Morgan fingerprint density at radius 2 is 1.55 bits per heavy atom. The molecule has 1 aromatic rings. The van der Waals surface area contributed by atoms with Gasteiger partial charge in [-0.25, -0.2) is 0 Å². The van der Waals surface area contributed by atoms with E-state index in [4.69, 9.17) is 18.9 Å². The van der Waals surface area contributed by atoms with Crippen molar-refractivity contribution in [1.82, 2.24) is 0 Å². The third kappa shape index (κ3) is 4.61. The van der Waals surface area contributed by atoms with E-state index in [-0.39, 0.29) is 5.75 Å². The van der Waals surface area contributed by atoms with E-state index in [9.17, 15) is 40.9 Å². The van der Waals surface area contributed by atoms with Gasteiger partial charge >= 0.3 is 0 Å². The first-order chi connectivity index (χ1) is 15.5. The van der Waals surface area contributed by atoms with Crippen molar-refractivity contribution in [2.24, 2.45) is 5.92 Å². The molecule has 188 valence electrons. The zero-order valence-corrected chi connectivity index (χ0v) is 18.2. The Morgan fingerprint density at radius 3 is 2.09 bits per heavy atom. The predicted molar refractivity (Wildman–Crippen MR) is 108 cm³/mol. The molecule has 0 saturated carbocycles. The summed E-state index contributed by atoms with van der Waals surface area (Å²) in [5.74, 6) is -3.50. The van der Waals surface area contributed by atoms with Crippen molar-refractivity contribution in [3.63, 3.8) is 0 Å². The molecule has 0 spiro atoms. The maximum absolute atomic E-state index is 11.5. The van der Waals surface area contributed by atoms with Crippen molar-refractivity contribution >= 4 is 0 Å². The first kappa shape index (κ1) is 26.2. The summed E-state index contributed by atoms with van der Waals surface area (Å²) in [5.41, 5.74) is -2.24. The molecule has 0 aromatic heterocycles. The maximum Gasteiger partial charge on any atom is 0.262 e. The highest BCUT2D eigenvalue weighted by Crippen LogP contribution is 2.43. The number of ether oxygens (including phenoxy) is 4. The van der Waals surface area contributed by atoms with Crippen molar-refractivity contribution < 1.29 is 59.8 Å². The van der Waals surface area contributed by atoms with Gasteiger partial charge in [0.1, 0.15) is 48.0 Å². The number of benzene rings is 1. The molecule has 10 atom stereocenters. The Hall–Kier alpha value is -1.42. The van der Waals surface area contributed by atoms with Gasteiger partial charge in [-0.15, -0.1) is 0 Å². The van der Waals surface area contributed by atoms with Crippen LogP contribution in [0.3, 0.4) is 0 Å². The number of hydrogen-bond donors (Lipinski definition) is 8. The number of aliphatic hydroxyl groups is 8. The van der Waals surface area contributed by atoms with Crippen LogP contribution in [0.25, 0.3) is 0 Å². The normalized spacial score (nSPS) is 44.1. The highest BCUT2D eigenvalue weighted by molar-refractivity contribution is 5.22. The fraction of sp³-hybridized carbons (Fsp3) is 0.714. The van der Waals surface area contributed by atoms with Gasteiger partial charge in [-0.3, -0.25) is 0 Å². The standard InChI is InChI=1S/C21H32O12/c1-10(2)20(28)13(9-23)32-19(30-11-6-4-3-5-7-11)21(29,18(20)27)33-17-16(26)15(25)14(24)12(8-22)31-17/h3-7,10,12-19,22-29H,8-9H2,1-2H3. The minimum Gasteiger partial charge on any atom is -0.459 e. The largest absolute Gasteiger partial charge is 0.459 e. The van der Waals surface area contributed by atoms with Gasteiger partial charge in [0.15, 0.2) is 6.29 Å². The summed E-state index contributed by atoms with van der Waals surface area (Å²) in [7, 11) is 0. The van der Waals surface area contributed by atoms with Gasteiger partial charge in [-0.05, 0) is 18.1 Å². The minimum absolute atomic E-state index is 0.178. The first-order valence-corrected chi connectivity index (χ1v) is 10.6. The van der Waals surface area contributed by atoms with Gasteiger partial charge < -0.3 is 59.8 Å². The number of rotatable bonds is 7. The Labute approximate surface area is 190 Å². The van der Waals surface area contributed by atoms with Gasteiger partial charge in [0, 0.05) is 0 Å². The lowest BCUT2D eigenvalue weighted by molar-refractivity contribution is -0.463. The highest BCUT2D eigenvalue weighted by Gasteiger charge is 2.67. The van der Waals surface area contributed by atoms with Crippen LogP contribution in [0, 0.1) is 5.92 Å². The molecule has 0 radical (unpaired) electrons. The van der Waals surface area contributed by atoms with E-state index in [2.05, 4.69) is 0 Å². The molecule has 2 saturated heterocycles. The Bertz CT molecular complexity index is 763. The molecule has 10 unspecified atom stereocenters. The average molecular weight is 476 g/mol. The van der Waals surface area contributed by atoms with Gasteiger partial charge in [-0.1, -0.05) is 32.0 Å². The molecule has 12 heteroatoms. The molecule has 2 aliphatic rings. The van der Waals surface area contributed by atoms with Crippen LogP contribution in [0.5, 0.6) is 5.75 Å². The third-order valence-electron chi connectivity index (χ3n) is 6.20. The van der Waals surface area contributed by atoms with Crippen LogP contribution >= 0.6 is 0 Å². The number of hydrogen-bond acceptors (Lipinski definition) is 12. The molecule has 2 fully saturated rings. The summed E-state index contributed by atoms with van der Waals surface area (Å²) in [5, 5.41) is 83.5. The second-order valence-corrected chi connectivity index (χ2v) is 8.58. The molecular weight excluding hydrogens is 444 g/mol. The fourth-order valence-electron chi connectivity index (χ4n) is 4.07. The molecule has 12 nitrogen and oxygen atoms in total. The van der Waals surface area contributed by atoms with Gasteiger partial charge in [0.2, 0.25) is 0 Å². The number of para-hydroxylation sites is 1. The molecule has 3 rings (SSSR count). The van der Waals surface area contributed by atoms with Crippen LogP contribution in [-0.4, -0.2) is 115 Å². The summed E-state index contributed by atoms with van der Waals surface area (Å²) < 4.78 is 22.0. The van der Waals surface area contributed by atoms with Crippen molar-refractivity contribution in [3.8, 4) is 5.75 Å². The van der Waals surface area contributed by atoms with E-state index in [1.807, 2.05) is 0 Å². The van der Waals surface area contributed by atoms with E-state index in [1.54, 1.807) is 18.2 Å². The lowest BCUT2D eigenvalue weighted by atomic mass is 9.74. The second kappa shape index (κ2) is 10.1. The van der Waals surface area contributed by atoms with Gasteiger partial charge in [-0.2, -0.15) is 0 Å². The zero-order chi connectivity index (χ0) is 24.6. The van der Waals surface area contributed by atoms with Crippen LogP contribution < -0.4 is 4.74 Å². The maximum atomic E-state index is 11.5. The molecule has 1 aromatic carbocycles. The zero-order valence-electron chi connectivity index (χ0n) is 18.2. The fourth-order valence-corrected chi connectivity index (χ4v) is 4.07. The van der Waals surface area contributed by atoms with E-state index < -0.39 is 79.7 Å². The summed E-state index contributed by atoms with van der Waals surface area (Å²) in [6.07, 6.45) is -14.1. The topological polar surface area (TPSA) is 199 Å². The summed E-state index contributed by atoms with van der Waals surface area (Å²) >= 11 is 0.